The van der Waals surface area contributed by atoms with E-state index < -0.39 is 0 Å². The highest BCUT2D eigenvalue weighted by molar-refractivity contribution is 6.15. The minimum Gasteiger partial charge on any atom is -0.279 e. The molecule has 0 N–H and O–H groups in total. The summed E-state index contributed by atoms with van der Waals surface area (Å²) >= 11 is 0. The molecule has 86 valence electrons. The smallest absolute Gasteiger partial charge is 0.131 e. The van der Waals surface area contributed by atoms with Crippen molar-refractivity contribution in [3.8, 4) is 0 Å². The van der Waals surface area contributed by atoms with Crippen LogP contribution in [0.1, 0.15) is 13.8 Å². The third-order valence-corrected chi connectivity index (χ3v) is 3.55. The fourth-order valence-corrected chi connectivity index (χ4v) is 4.55. The van der Waals surface area contributed by atoms with Crippen LogP contribution in [0.3, 0.4) is 0 Å². The van der Waals surface area contributed by atoms with Crippen molar-refractivity contribution in [1.29, 1.82) is 0 Å². The lowest BCUT2D eigenvalue weighted by Gasteiger charge is -2.57. The van der Waals surface area contributed by atoms with Crippen molar-refractivity contribution in [3.63, 3.8) is 0 Å². The first-order valence-corrected chi connectivity index (χ1v) is 6.10. The van der Waals surface area contributed by atoms with Crippen molar-refractivity contribution in [2.45, 2.75) is 24.7 Å². The zero-order chi connectivity index (χ0) is 11.7. The molecule has 0 aromatic carbocycles. The van der Waals surface area contributed by atoms with E-state index in [1.807, 2.05) is 0 Å². The summed E-state index contributed by atoms with van der Waals surface area (Å²) < 4.78 is 0. The summed E-state index contributed by atoms with van der Waals surface area (Å²) in [7, 11) is 14.1. The van der Waals surface area contributed by atoms with Crippen molar-refractivity contribution in [2.24, 2.45) is 0 Å². The van der Waals surface area contributed by atoms with Gasteiger partial charge in [-0.05, 0) is 47.3 Å². The van der Waals surface area contributed by atoms with Gasteiger partial charge in [0.05, 0.1) is 0 Å². The van der Waals surface area contributed by atoms with E-state index in [2.05, 4.69) is 70.8 Å². The van der Waals surface area contributed by atoms with E-state index >= 15 is 0 Å². The highest BCUT2D eigenvalue weighted by Crippen LogP contribution is 2.41. The van der Waals surface area contributed by atoms with Gasteiger partial charge in [-0.3, -0.25) is 14.7 Å². The number of rotatable bonds is 4. The van der Waals surface area contributed by atoms with Crippen molar-refractivity contribution in [2.75, 3.05) is 42.3 Å². The molecule has 14 heavy (non-hydrogen) atoms. The van der Waals surface area contributed by atoms with E-state index in [0.29, 0.717) is 5.04 Å². The maximum absolute atomic E-state index is 2.33. The third kappa shape index (κ3) is 2.03. The molecular formula is C10H27N3Si. The Kier molecular flexibility index (Phi) is 4.34. The molecule has 0 rings (SSSR count). The lowest BCUT2D eigenvalue weighted by atomic mass is 9.99. The van der Waals surface area contributed by atoms with Gasteiger partial charge in [0.15, 0.2) is 0 Å². The summed E-state index contributed by atoms with van der Waals surface area (Å²) in [5.41, 5.74) is 0. The Morgan fingerprint density at radius 1 is 0.714 bits per heavy atom. The van der Waals surface area contributed by atoms with Crippen molar-refractivity contribution < 1.29 is 0 Å². The van der Waals surface area contributed by atoms with Crippen LogP contribution in [0.25, 0.3) is 0 Å². The van der Waals surface area contributed by atoms with Gasteiger partial charge in [-0.2, -0.15) is 0 Å². The summed E-state index contributed by atoms with van der Waals surface area (Å²) in [4.78, 5) is 6.92. The molecule has 0 aromatic rings. The van der Waals surface area contributed by atoms with Gasteiger partial charge in [0, 0.05) is 10.2 Å². The lowest BCUT2D eigenvalue weighted by Crippen LogP contribution is -2.69. The van der Waals surface area contributed by atoms with Crippen LogP contribution in [0, 0.1) is 0 Å². The molecular weight excluding hydrogens is 190 g/mol. The van der Waals surface area contributed by atoms with Crippen LogP contribution < -0.4 is 0 Å². The lowest BCUT2D eigenvalue weighted by molar-refractivity contribution is -0.134. The van der Waals surface area contributed by atoms with E-state index in [9.17, 15) is 0 Å². The Balaban J connectivity index is 5.40. The molecule has 0 saturated heterocycles. The maximum atomic E-state index is 2.33. The maximum Gasteiger partial charge on any atom is 0.131 e. The van der Waals surface area contributed by atoms with Gasteiger partial charge in [0.1, 0.15) is 5.79 Å². The SMILES string of the molecule is CN(C)C(N(C)C)(N(C)C)C(C)(C)[SiH3]. The van der Waals surface area contributed by atoms with Crippen molar-refractivity contribution in [1.82, 2.24) is 14.7 Å². The predicted octanol–water partition coefficient (Wildman–Crippen LogP) is -0.111. The van der Waals surface area contributed by atoms with E-state index in [0.717, 1.165) is 10.2 Å². The average Bonchev–Trinajstić information content (AvgIpc) is 1.79. The van der Waals surface area contributed by atoms with Crippen LogP contribution in [0.2, 0.25) is 5.04 Å². The second-order valence-electron chi connectivity index (χ2n) is 5.57. The summed E-state index contributed by atoms with van der Waals surface area (Å²) in [5.74, 6) is -0.000772. The number of hydrogen-bond donors (Lipinski definition) is 0. The Morgan fingerprint density at radius 3 is 0.929 bits per heavy atom. The summed E-state index contributed by atoms with van der Waals surface area (Å²) in [6.45, 7) is 4.67. The monoisotopic (exact) mass is 217 g/mol. The van der Waals surface area contributed by atoms with Gasteiger partial charge in [0.25, 0.3) is 0 Å². The van der Waals surface area contributed by atoms with Gasteiger partial charge < -0.3 is 0 Å². The molecule has 0 aliphatic carbocycles. The molecule has 0 amide bonds. The first-order valence-electron chi connectivity index (χ1n) is 5.10. The minimum atomic E-state index is -0.000772. The molecule has 0 radical (unpaired) electrons. The Hall–Kier alpha value is 0.0969. The second-order valence-corrected chi connectivity index (χ2v) is 8.07. The Bertz CT molecular complexity index is 161. The van der Waals surface area contributed by atoms with Crippen LogP contribution in [0.4, 0.5) is 0 Å². The second kappa shape index (κ2) is 4.31. The first-order chi connectivity index (χ1) is 6.08. The average molecular weight is 217 g/mol. The standard InChI is InChI=1S/C10H27N3Si/c1-9(2,14)10(11(3)4,12(5)6)13(7)8/h1-8,14H3. The molecule has 0 spiro atoms. The van der Waals surface area contributed by atoms with Gasteiger partial charge >= 0.3 is 0 Å². The Morgan fingerprint density at radius 2 is 0.929 bits per heavy atom. The van der Waals surface area contributed by atoms with E-state index in [4.69, 9.17) is 0 Å². The van der Waals surface area contributed by atoms with Crippen molar-refractivity contribution >= 4 is 10.2 Å². The molecule has 0 unspecified atom stereocenters. The highest BCUT2D eigenvalue weighted by atomic mass is 28.1. The number of hydrogen-bond acceptors (Lipinski definition) is 3. The zero-order valence-electron chi connectivity index (χ0n) is 11.3. The number of nitrogens with zero attached hydrogens (tertiary/aromatic N) is 3. The van der Waals surface area contributed by atoms with E-state index in [1.165, 1.54) is 0 Å². The molecule has 0 fully saturated rings. The molecule has 0 bridgehead atoms. The molecule has 0 aliphatic heterocycles. The molecule has 4 heteroatoms. The van der Waals surface area contributed by atoms with Gasteiger partial charge in [-0.25, -0.2) is 0 Å². The molecule has 0 aliphatic rings. The normalized spacial score (nSPS) is 14.8. The highest BCUT2D eigenvalue weighted by Gasteiger charge is 2.47. The third-order valence-electron chi connectivity index (χ3n) is 2.88. The fourth-order valence-electron chi connectivity index (χ4n) is 3.21. The van der Waals surface area contributed by atoms with Crippen LogP contribution in [-0.4, -0.2) is 73.0 Å². The fraction of sp³-hybridized carbons (Fsp3) is 1.00. The van der Waals surface area contributed by atoms with Crippen LogP contribution in [-0.2, 0) is 0 Å². The van der Waals surface area contributed by atoms with E-state index in [-0.39, 0.29) is 5.79 Å². The molecule has 0 atom stereocenters. The van der Waals surface area contributed by atoms with Crippen molar-refractivity contribution in [3.05, 3.63) is 0 Å². The molecule has 0 saturated carbocycles. The quantitative estimate of drug-likeness (QED) is 0.481. The molecule has 0 aromatic heterocycles. The first kappa shape index (κ1) is 14.1. The van der Waals surface area contributed by atoms with Gasteiger partial charge in [-0.15, -0.1) is 0 Å². The zero-order valence-corrected chi connectivity index (χ0v) is 13.3. The predicted molar refractivity (Wildman–Crippen MR) is 67.8 cm³/mol. The summed E-state index contributed by atoms with van der Waals surface area (Å²) in [6, 6.07) is 0. The molecule has 3 nitrogen and oxygen atoms in total. The van der Waals surface area contributed by atoms with Gasteiger partial charge in [-0.1, -0.05) is 13.8 Å². The van der Waals surface area contributed by atoms with Gasteiger partial charge in [0.2, 0.25) is 0 Å². The summed E-state index contributed by atoms with van der Waals surface area (Å²) in [6.07, 6.45) is 0. The molecule has 0 heterocycles. The van der Waals surface area contributed by atoms with E-state index in [1.54, 1.807) is 0 Å². The summed E-state index contributed by atoms with van der Waals surface area (Å²) in [5, 5.41) is 0.295. The largest absolute Gasteiger partial charge is 0.279 e. The van der Waals surface area contributed by atoms with Crippen LogP contribution in [0.5, 0.6) is 0 Å². The topological polar surface area (TPSA) is 9.72 Å². The Labute approximate surface area is 92.5 Å². The minimum absolute atomic E-state index is 0.000772. The van der Waals surface area contributed by atoms with Crippen LogP contribution >= 0.6 is 0 Å². The van der Waals surface area contributed by atoms with Crippen LogP contribution in [0.15, 0.2) is 0 Å².